The second-order valence-electron chi connectivity index (χ2n) is 4.40. The average Bonchev–Trinajstić information content (AvgIpc) is 2.20. The van der Waals surface area contributed by atoms with Gasteiger partial charge in [-0.1, -0.05) is 12.8 Å². The first-order valence-corrected chi connectivity index (χ1v) is 5.91. The maximum absolute atomic E-state index is 10.6. The summed E-state index contributed by atoms with van der Waals surface area (Å²) in [6, 6.07) is 0.368. The number of nitrogens with two attached hydrogens (primary N) is 1. The Hall–Kier alpha value is -0.610. The highest BCUT2D eigenvalue weighted by Gasteiger charge is 2.20. The number of nitrogens with one attached hydrogen (secondary N) is 2. The van der Waals surface area contributed by atoms with Gasteiger partial charge in [0.1, 0.15) is 0 Å². The van der Waals surface area contributed by atoms with Crippen molar-refractivity contribution < 1.29 is 4.79 Å². The van der Waals surface area contributed by atoms with Crippen LogP contribution in [0.2, 0.25) is 0 Å². The first-order valence-electron chi connectivity index (χ1n) is 5.91. The Labute approximate surface area is 92.0 Å². The van der Waals surface area contributed by atoms with Crippen LogP contribution in [0.5, 0.6) is 0 Å². The normalized spacial score (nSPS) is 26.3. The third-order valence-corrected chi connectivity index (χ3v) is 3.05. The molecule has 1 fully saturated rings. The van der Waals surface area contributed by atoms with Crippen LogP contribution in [0, 0.1) is 5.92 Å². The standard InChI is InChI=1S/C11H23N3O/c1-9(15)14-7-6-13-8-10-4-2-3-5-11(10)12/h10-11,13H,2-8,12H2,1H3,(H,14,15)/t10-,11?/m0/s1. The Bertz CT molecular complexity index is 196. The van der Waals surface area contributed by atoms with Crippen LogP contribution in [-0.4, -0.2) is 31.6 Å². The predicted molar refractivity (Wildman–Crippen MR) is 61.5 cm³/mol. The number of carbonyl (C=O) groups is 1. The molecule has 1 aliphatic rings. The molecule has 4 nitrogen and oxygen atoms in total. The molecule has 1 saturated carbocycles. The molecule has 4 N–H and O–H groups in total. The molecule has 0 aromatic rings. The van der Waals surface area contributed by atoms with Crippen LogP contribution in [0.4, 0.5) is 0 Å². The van der Waals surface area contributed by atoms with Gasteiger partial charge in [0.2, 0.25) is 5.91 Å². The lowest BCUT2D eigenvalue weighted by molar-refractivity contribution is -0.118. The molecule has 4 heteroatoms. The van der Waals surface area contributed by atoms with Crippen LogP contribution in [0.3, 0.4) is 0 Å². The van der Waals surface area contributed by atoms with Gasteiger partial charge in [-0.05, 0) is 25.3 Å². The molecule has 1 amide bonds. The lowest BCUT2D eigenvalue weighted by Crippen LogP contribution is -2.41. The molecule has 15 heavy (non-hydrogen) atoms. The lowest BCUT2D eigenvalue weighted by Gasteiger charge is -2.28. The van der Waals surface area contributed by atoms with E-state index in [1.54, 1.807) is 0 Å². The van der Waals surface area contributed by atoms with E-state index in [1.165, 1.54) is 26.2 Å². The van der Waals surface area contributed by atoms with Gasteiger partial charge in [-0.2, -0.15) is 0 Å². The molecule has 0 heterocycles. The van der Waals surface area contributed by atoms with Gasteiger partial charge in [-0.3, -0.25) is 4.79 Å². The van der Waals surface area contributed by atoms with Crippen molar-refractivity contribution in [2.75, 3.05) is 19.6 Å². The van der Waals surface area contributed by atoms with Gasteiger partial charge < -0.3 is 16.4 Å². The fourth-order valence-electron chi connectivity index (χ4n) is 2.10. The fourth-order valence-corrected chi connectivity index (χ4v) is 2.10. The highest BCUT2D eigenvalue weighted by molar-refractivity contribution is 5.72. The molecular formula is C11H23N3O. The topological polar surface area (TPSA) is 67.2 Å². The minimum absolute atomic E-state index is 0.0335. The minimum Gasteiger partial charge on any atom is -0.355 e. The van der Waals surface area contributed by atoms with Crippen LogP contribution < -0.4 is 16.4 Å². The molecule has 1 rings (SSSR count). The van der Waals surface area contributed by atoms with Crippen molar-refractivity contribution in [3.05, 3.63) is 0 Å². The number of carbonyl (C=O) groups excluding carboxylic acids is 1. The number of hydrogen-bond acceptors (Lipinski definition) is 3. The Morgan fingerprint density at radius 1 is 1.33 bits per heavy atom. The molecule has 1 aliphatic carbocycles. The van der Waals surface area contributed by atoms with Gasteiger partial charge in [-0.15, -0.1) is 0 Å². The summed E-state index contributed by atoms with van der Waals surface area (Å²) in [5.41, 5.74) is 6.03. The zero-order valence-corrected chi connectivity index (χ0v) is 9.59. The van der Waals surface area contributed by atoms with Gasteiger partial charge in [0.05, 0.1) is 0 Å². The summed E-state index contributed by atoms with van der Waals surface area (Å²) in [4.78, 5) is 10.6. The molecule has 0 aliphatic heterocycles. The first kappa shape index (κ1) is 12.5. The van der Waals surface area contributed by atoms with Crippen LogP contribution in [0.15, 0.2) is 0 Å². The summed E-state index contributed by atoms with van der Waals surface area (Å²) in [7, 11) is 0. The van der Waals surface area contributed by atoms with Crippen LogP contribution in [0.1, 0.15) is 32.6 Å². The van der Waals surface area contributed by atoms with E-state index in [0.29, 0.717) is 18.5 Å². The zero-order chi connectivity index (χ0) is 11.1. The monoisotopic (exact) mass is 213 g/mol. The smallest absolute Gasteiger partial charge is 0.216 e. The van der Waals surface area contributed by atoms with E-state index in [4.69, 9.17) is 5.73 Å². The summed E-state index contributed by atoms with van der Waals surface area (Å²) in [6.07, 6.45) is 5.00. The van der Waals surface area contributed by atoms with Crippen molar-refractivity contribution in [2.45, 2.75) is 38.6 Å². The van der Waals surface area contributed by atoms with Gasteiger partial charge in [0.15, 0.2) is 0 Å². The van der Waals surface area contributed by atoms with Crippen molar-refractivity contribution in [3.63, 3.8) is 0 Å². The third kappa shape index (κ3) is 5.14. The summed E-state index contributed by atoms with van der Waals surface area (Å²) in [5, 5.41) is 6.11. The molecule has 2 atom stereocenters. The van der Waals surface area contributed by atoms with Crippen molar-refractivity contribution in [2.24, 2.45) is 11.7 Å². The highest BCUT2D eigenvalue weighted by Crippen LogP contribution is 2.21. The summed E-state index contributed by atoms with van der Waals surface area (Å²) in [6.45, 7) is 4.07. The molecule has 0 aromatic carbocycles. The summed E-state index contributed by atoms with van der Waals surface area (Å²) < 4.78 is 0. The van der Waals surface area contributed by atoms with Crippen LogP contribution in [0.25, 0.3) is 0 Å². The Morgan fingerprint density at radius 2 is 2.07 bits per heavy atom. The molecular weight excluding hydrogens is 190 g/mol. The molecule has 0 radical (unpaired) electrons. The van der Waals surface area contributed by atoms with Crippen molar-refractivity contribution in [3.8, 4) is 0 Å². The number of hydrogen-bond donors (Lipinski definition) is 3. The van der Waals surface area contributed by atoms with Gasteiger partial charge >= 0.3 is 0 Å². The van der Waals surface area contributed by atoms with Gasteiger partial charge in [0.25, 0.3) is 0 Å². The van der Waals surface area contributed by atoms with Crippen molar-refractivity contribution in [1.29, 1.82) is 0 Å². The second-order valence-corrected chi connectivity index (χ2v) is 4.40. The van der Waals surface area contributed by atoms with E-state index in [9.17, 15) is 4.79 Å². The van der Waals surface area contributed by atoms with E-state index in [0.717, 1.165) is 19.5 Å². The average molecular weight is 213 g/mol. The molecule has 0 saturated heterocycles. The minimum atomic E-state index is 0.0335. The Morgan fingerprint density at radius 3 is 2.73 bits per heavy atom. The van der Waals surface area contributed by atoms with Gasteiger partial charge in [0, 0.05) is 26.1 Å². The van der Waals surface area contributed by atoms with Crippen molar-refractivity contribution >= 4 is 5.91 Å². The number of rotatable bonds is 5. The van der Waals surface area contributed by atoms with Crippen LogP contribution >= 0.6 is 0 Å². The summed E-state index contributed by atoms with van der Waals surface area (Å²) in [5.74, 6) is 0.655. The molecule has 88 valence electrons. The lowest BCUT2D eigenvalue weighted by atomic mass is 9.85. The SMILES string of the molecule is CC(=O)NCCNC[C@@H]1CCCCC1N. The number of amides is 1. The van der Waals surface area contributed by atoms with Gasteiger partial charge in [-0.25, -0.2) is 0 Å². The van der Waals surface area contributed by atoms with Crippen molar-refractivity contribution in [1.82, 2.24) is 10.6 Å². The summed E-state index contributed by atoms with van der Waals surface area (Å²) >= 11 is 0. The Balaban J connectivity index is 2.01. The quantitative estimate of drug-likeness (QED) is 0.573. The largest absolute Gasteiger partial charge is 0.355 e. The third-order valence-electron chi connectivity index (χ3n) is 3.05. The maximum atomic E-state index is 10.6. The molecule has 0 aromatic heterocycles. The Kier molecular flexibility index (Phi) is 5.65. The first-order chi connectivity index (χ1) is 7.20. The maximum Gasteiger partial charge on any atom is 0.216 e. The molecule has 0 spiro atoms. The predicted octanol–water partition coefficient (Wildman–Crippen LogP) is 0.230. The van der Waals surface area contributed by atoms with E-state index >= 15 is 0 Å². The van der Waals surface area contributed by atoms with E-state index in [2.05, 4.69) is 10.6 Å². The van der Waals surface area contributed by atoms with Crippen LogP contribution in [-0.2, 0) is 4.79 Å². The zero-order valence-electron chi connectivity index (χ0n) is 9.59. The second kappa shape index (κ2) is 6.80. The fraction of sp³-hybridized carbons (Fsp3) is 0.909. The molecule has 0 bridgehead atoms. The van der Waals surface area contributed by atoms with E-state index in [1.807, 2.05) is 0 Å². The highest BCUT2D eigenvalue weighted by atomic mass is 16.1. The van der Waals surface area contributed by atoms with E-state index in [-0.39, 0.29) is 5.91 Å². The molecule has 1 unspecified atom stereocenters. The van der Waals surface area contributed by atoms with E-state index < -0.39 is 0 Å².